The fourth-order valence-electron chi connectivity index (χ4n) is 1.69. The maximum absolute atomic E-state index is 11.3. The van der Waals surface area contributed by atoms with Gasteiger partial charge in [-0.25, -0.2) is 0 Å². The summed E-state index contributed by atoms with van der Waals surface area (Å²) in [5.41, 5.74) is 0. The molecule has 1 fully saturated rings. The number of nitrogens with zero attached hydrogens (tertiary/aromatic N) is 2. The number of rotatable bonds is 1. The molecule has 0 radical (unpaired) electrons. The van der Waals surface area contributed by atoms with Gasteiger partial charge in [-0.05, 0) is 18.8 Å². The highest BCUT2D eigenvalue weighted by molar-refractivity contribution is 5.74. The first-order valence-corrected chi connectivity index (χ1v) is 5.46. The fourth-order valence-corrected chi connectivity index (χ4v) is 1.69. The average Bonchev–Trinajstić information content (AvgIpc) is 2.49. The lowest BCUT2D eigenvalue weighted by Gasteiger charge is -2.21. The van der Waals surface area contributed by atoms with Gasteiger partial charge in [-0.15, -0.1) is 0 Å². The quantitative estimate of drug-likeness (QED) is 0.460. The Labute approximate surface area is 92.6 Å². The van der Waals surface area contributed by atoms with Crippen molar-refractivity contribution in [1.29, 1.82) is 0 Å². The smallest absolute Gasteiger partial charge is 0.220 e. The molecule has 1 aliphatic rings. The van der Waals surface area contributed by atoms with Crippen LogP contribution >= 0.6 is 0 Å². The molecular formula is C12H21N2O+. The Morgan fingerprint density at radius 2 is 2.13 bits per heavy atom. The van der Waals surface area contributed by atoms with Crippen molar-refractivity contribution in [3.63, 3.8) is 0 Å². The maximum atomic E-state index is 11.3. The van der Waals surface area contributed by atoms with E-state index < -0.39 is 0 Å². The predicted molar refractivity (Wildman–Crippen MR) is 61.1 cm³/mol. The van der Waals surface area contributed by atoms with E-state index in [1.807, 2.05) is 4.90 Å². The monoisotopic (exact) mass is 209 g/mol. The molecule has 0 spiro atoms. The van der Waals surface area contributed by atoms with Crippen LogP contribution in [0.4, 0.5) is 0 Å². The van der Waals surface area contributed by atoms with Gasteiger partial charge in [-0.2, -0.15) is 0 Å². The van der Waals surface area contributed by atoms with Gasteiger partial charge in [0.2, 0.25) is 5.91 Å². The number of amides is 1. The Bertz CT molecular complexity index is 293. The first-order valence-electron chi connectivity index (χ1n) is 5.46. The van der Waals surface area contributed by atoms with E-state index in [1.54, 1.807) is 6.92 Å². The van der Waals surface area contributed by atoms with Crippen LogP contribution in [0.1, 0.15) is 19.8 Å². The number of carbonyl (C=O) groups excluding carboxylic acids is 1. The normalized spacial score (nSPS) is 21.1. The van der Waals surface area contributed by atoms with E-state index in [1.165, 1.54) is 0 Å². The molecule has 0 N–H and O–H groups in total. The van der Waals surface area contributed by atoms with Gasteiger partial charge in [0.1, 0.15) is 6.54 Å². The molecule has 0 aromatic heterocycles. The summed E-state index contributed by atoms with van der Waals surface area (Å²) in [5, 5.41) is 0. The Kier molecular flexibility index (Phi) is 3.76. The molecule has 0 aromatic carbocycles. The van der Waals surface area contributed by atoms with Crippen molar-refractivity contribution in [2.75, 3.05) is 34.2 Å². The summed E-state index contributed by atoms with van der Waals surface area (Å²) in [6.45, 7) is 3.33. The van der Waals surface area contributed by atoms with E-state index in [-0.39, 0.29) is 11.9 Å². The van der Waals surface area contributed by atoms with Gasteiger partial charge in [0.15, 0.2) is 0 Å². The number of likely N-dealkylation sites (tertiary alicyclic amines) is 1. The van der Waals surface area contributed by atoms with Gasteiger partial charge in [0, 0.05) is 13.5 Å². The zero-order valence-electron chi connectivity index (χ0n) is 10.2. The Balaban J connectivity index is 2.54. The highest BCUT2D eigenvalue weighted by atomic mass is 16.2. The van der Waals surface area contributed by atoms with Crippen LogP contribution in [0.5, 0.6) is 0 Å². The highest BCUT2D eigenvalue weighted by Crippen LogP contribution is 2.16. The summed E-state index contributed by atoms with van der Waals surface area (Å²) in [4.78, 5) is 13.1. The van der Waals surface area contributed by atoms with Crippen LogP contribution in [0.2, 0.25) is 0 Å². The second-order valence-corrected chi connectivity index (χ2v) is 5.14. The summed E-state index contributed by atoms with van der Waals surface area (Å²) in [6.07, 6.45) is 2.12. The Morgan fingerprint density at radius 3 is 2.67 bits per heavy atom. The molecule has 3 heteroatoms. The van der Waals surface area contributed by atoms with Gasteiger partial charge in [0.05, 0.1) is 27.2 Å². The molecule has 1 heterocycles. The molecule has 15 heavy (non-hydrogen) atoms. The third-order valence-electron chi connectivity index (χ3n) is 2.48. The first kappa shape index (κ1) is 12.1. The number of carbonyl (C=O) groups is 1. The van der Waals surface area contributed by atoms with Crippen LogP contribution in [0, 0.1) is 11.8 Å². The molecule has 1 saturated heterocycles. The fraction of sp³-hybridized carbons (Fsp3) is 0.750. The van der Waals surface area contributed by atoms with E-state index in [0.717, 1.165) is 30.4 Å². The highest BCUT2D eigenvalue weighted by Gasteiger charge is 2.24. The van der Waals surface area contributed by atoms with Crippen LogP contribution in [-0.4, -0.2) is 55.6 Å². The summed E-state index contributed by atoms with van der Waals surface area (Å²) < 4.78 is 0.847. The minimum absolute atomic E-state index is 0.150. The van der Waals surface area contributed by atoms with Crippen LogP contribution in [0.15, 0.2) is 0 Å². The van der Waals surface area contributed by atoms with Crippen LogP contribution in [0.3, 0.4) is 0 Å². The van der Waals surface area contributed by atoms with Gasteiger partial charge in [-0.1, -0.05) is 5.92 Å². The zero-order chi connectivity index (χ0) is 11.5. The van der Waals surface area contributed by atoms with Crippen molar-refractivity contribution >= 4 is 5.91 Å². The molecule has 0 saturated carbocycles. The minimum Gasteiger partial charge on any atom is -0.329 e. The maximum Gasteiger partial charge on any atom is 0.220 e. The summed E-state index contributed by atoms with van der Waals surface area (Å²) in [6, 6.07) is 0.161. The topological polar surface area (TPSA) is 20.3 Å². The number of hydrogen-bond donors (Lipinski definition) is 0. The summed E-state index contributed by atoms with van der Waals surface area (Å²) in [5.74, 6) is 6.54. The second-order valence-electron chi connectivity index (χ2n) is 5.14. The first-order chi connectivity index (χ1) is 6.90. The minimum atomic E-state index is 0.150. The summed E-state index contributed by atoms with van der Waals surface area (Å²) in [7, 11) is 6.35. The molecule has 0 aliphatic carbocycles. The average molecular weight is 209 g/mol. The largest absolute Gasteiger partial charge is 0.329 e. The summed E-state index contributed by atoms with van der Waals surface area (Å²) >= 11 is 0. The lowest BCUT2D eigenvalue weighted by molar-refractivity contribution is -0.862. The van der Waals surface area contributed by atoms with Crippen LogP contribution in [0.25, 0.3) is 0 Å². The van der Waals surface area contributed by atoms with E-state index in [0.29, 0.717) is 0 Å². The van der Waals surface area contributed by atoms with Crippen LogP contribution in [-0.2, 0) is 4.79 Å². The molecule has 1 amide bonds. The molecule has 84 valence electrons. The molecular weight excluding hydrogens is 188 g/mol. The van der Waals surface area contributed by atoms with Crippen molar-refractivity contribution in [3.8, 4) is 11.8 Å². The third kappa shape index (κ3) is 3.93. The standard InChI is InChI=1S/C12H21N2O/c1-11(15)13-9-5-7-12(13)8-6-10-14(2,3)4/h12H,5,7,9-10H2,1-4H3/q+1/t12-/m1/s1. The van der Waals surface area contributed by atoms with Crippen molar-refractivity contribution in [2.24, 2.45) is 0 Å². The van der Waals surface area contributed by atoms with Crippen molar-refractivity contribution in [2.45, 2.75) is 25.8 Å². The molecule has 1 aliphatic heterocycles. The van der Waals surface area contributed by atoms with E-state index in [2.05, 4.69) is 33.0 Å². The predicted octanol–water partition coefficient (Wildman–Crippen LogP) is 0.707. The van der Waals surface area contributed by atoms with Gasteiger partial charge in [0.25, 0.3) is 0 Å². The van der Waals surface area contributed by atoms with Crippen molar-refractivity contribution < 1.29 is 9.28 Å². The van der Waals surface area contributed by atoms with Crippen LogP contribution < -0.4 is 0 Å². The molecule has 0 unspecified atom stereocenters. The third-order valence-corrected chi connectivity index (χ3v) is 2.48. The molecule has 3 nitrogen and oxygen atoms in total. The Hall–Kier alpha value is -1.01. The molecule has 1 rings (SSSR count). The number of quaternary nitrogens is 1. The van der Waals surface area contributed by atoms with E-state index in [4.69, 9.17) is 0 Å². The molecule has 1 atom stereocenters. The van der Waals surface area contributed by atoms with Crippen molar-refractivity contribution in [3.05, 3.63) is 0 Å². The van der Waals surface area contributed by atoms with E-state index in [9.17, 15) is 4.79 Å². The lowest BCUT2D eigenvalue weighted by atomic mass is 10.2. The molecule has 0 aromatic rings. The molecule has 0 bridgehead atoms. The number of hydrogen-bond acceptors (Lipinski definition) is 1. The van der Waals surface area contributed by atoms with Gasteiger partial charge in [-0.3, -0.25) is 4.79 Å². The lowest BCUT2D eigenvalue weighted by Crippen LogP contribution is -2.35. The zero-order valence-corrected chi connectivity index (χ0v) is 10.2. The SMILES string of the molecule is CC(=O)N1CCC[C@@H]1C#CC[N+](C)(C)C. The Morgan fingerprint density at radius 1 is 1.47 bits per heavy atom. The van der Waals surface area contributed by atoms with E-state index >= 15 is 0 Å². The van der Waals surface area contributed by atoms with Crippen molar-refractivity contribution in [1.82, 2.24) is 4.90 Å². The van der Waals surface area contributed by atoms with Gasteiger partial charge >= 0.3 is 0 Å². The second kappa shape index (κ2) is 4.67. The van der Waals surface area contributed by atoms with Gasteiger partial charge < -0.3 is 9.38 Å².